The Morgan fingerprint density at radius 1 is 1.10 bits per heavy atom. The molecule has 0 spiro atoms. The van der Waals surface area contributed by atoms with E-state index in [4.69, 9.17) is 4.74 Å². The molecule has 1 amide bonds. The first-order valence-electron chi connectivity index (χ1n) is 12.9. The molecule has 41 heavy (non-hydrogen) atoms. The predicted molar refractivity (Wildman–Crippen MR) is 141 cm³/mol. The Kier molecular flexibility index (Phi) is 12.9. The van der Waals surface area contributed by atoms with Gasteiger partial charge in [0.15, 0.2) is 17.3 Å². The van der Waals surface area contributed by atoms with E-state index >= 15 is 0 Å². The van der Waals surface area contributed by atoms with Gasteiger partial charge in [0.05, 0.1) is 25.0 Å². The quantitative estimate of drug-likeness (QED) is 0.267. The summed E-state index contributed by atoms with van der Waals surface area (Å²) in [6.45, 7) is 3.72. The molecule has 0 saturated carbocycles. The molecule has 1 aromatic heterocycles. The number of carbonyl (C=O) groups excluding carboxylic acids is 2. The van der Waals surface area contributed by atoms with Gasteiger partial charge in [-0.25, -0.2) is 13.5 Å². The van der Waals surface area contributed by atoms with E-state index in [1.165, 1.54) is 54.1 Å². The maximum atomic E-state index is 14.8. The molecular weight excluding hydrogens is 547 g/mol. The van der Waals surface area contributed by atoms with Crippen molar-refractivity contribution in [3.05, 3.63) is 76.6 Å². The molecule has 0 radical (unpaired) electrons. The number of hydrogen-bond acceptors (Lipinski definition) is 7. The number of amides is 1. The first-order chi connectivity index (χ1) is 18.9. The van der Waals surface area contributed by atoms with Crippen LogP contribution in [0.25, 0.3) is 5.69 Å². The van der Waals surface area contributed by atoms with E-state index in [-0.39, 0.29) is 78.3 Å². The van der Waals surface area contributed by atoms with Crippen molar-refractivity contribution in [1.82, 2.24) is 14.7 Å². The van der Waals surface area contributed by atoms with Crippen LogP contribution in [0.5, 0.6) is 5.75 Å². The minimum absolute atomic E-state index is 0. The number of carboxylic acid groups (broad SMARTS) is 1. The van der Waals surface area contributed by atoms with Gasteiger partial charge in [-0.1, -0.05) is 26.0 Å². The van der Waals surface area contributed by atoms with Gasteiger partial charge in [0, 0.05) is 42.8 Å². The number of aliphatic hydroxyl groups is 2. The van der Waals surface area contributed by atoms with Gasteiger partial charge in [0.1, 0.15) is 5.82 Å². The van der Waals surface area contributed by atoms with Gasteiger partial charge in [0.2, 0.25) is 0 Å². The summed E-state index contributed by atoms with van der Waals surface area (Å²) in [6.07, 6.45) is -2.72. The average Bonchev–Trinajstić information content (AvgIpc) is 3.27. The average molecular weight is 582 g/mol. The molecule has 1 heterocycles. The number of benzene rings is 2. The molecular formula is C29H34F2N3NaO6. The third-order valence-electron chi connectivity index (χ3n) is 6.55. The molecule has 0 aliphatic heterocycles. The van der Waals surface area contributed by atoms with Crippen molar-refractivity contribution in [2.24, 2.45) is 0 Å². The number of aliphatic hydroxyl groups excluding tert-OH is 2. The van der Waals surface area contributed by atoms with Crippen molar-refractivity contribution in [1.29, 1.82) is 0 Å². The van der Waals surface area contributed by atoms with E-state index in [0.717, 1.165) is 0 Å². The van der Waals surface area contributed by atoms with Crippen LogP contribution in [0, 0.1) is 11.6 Å². The minimum atomic E-state index is -1.42. The van der Waals surface area contributed by atoms with Gasteiger partial charge in [-0.3, -0.25) is 4.79 Å². The summed E-state index contributed by atoms with van der Waals surface area (Å²) >= 11 is 0. The van der Waals surface area contributed by atoms with Gasteiger partial charge in [-0.05, 0) is 55.5 Å². The van der Waals surface area contributed by atoms with Gasteiger partial charge in [-0.15, -0.1) is 0 Å². The normalized spacial score (nSPS) is 12.5. The molecule has 2 atom stereocenters. The molecule has 3 rings (SSSR count). The second-order valence-corrected chi connectivity index (χ2v) is 10.0. The maximum Gasteiger partial charge on any atom is 1.00 e. The van der Waals surface area contributed by atoms with E-state index in [9.17, 15) is 33.7 Å². The molecule has 0 aliphatic carbocycles. The van der Waals surface area contributed by atoms with Crippen molar-refractivity contribution in [3.8, 4) is 11.4 Å². The summed E-state index contributed by atoms with van der Waals surface area (Å²) in [5.41, 5.74) is 2.09. The summed E-state index contributed by atoms with van der Waals surface area (Å²) in [4.78, 5) is 25.8. The van der Waals surface area contributed by atoms with Gasteiger partial charge >= 0.3 is 29.6 Å². The van der Waals surface area contributed by atoms with Crippen LogP contribution in [0.2, 0.25) is 0 Å². The molecule has 0 fully saturated rings. The molecule has 216 valence electrons. The Morgan fingerprint density at radius 2 is 1.76 bits per heavy atom. The van der Waals surface area contributed by atoms with E-state index in [0.29, 0.717) is 16.9 Å². The number of hydrogen-bond donors (Lipinski definition) is 2. The number of methoxy groups -OCH3 is 1. The number of aliphatic carboxylic acids is 1. The van der Waals surface area contributed by atoms with Crippen LogP contribution >= 0.6 is 0 Å². The predicted octanol–water partition coefficient (Wildman–Crippen LogP) is -0.257. The first kappa shape index (κ1) is 34.4. The third kappa shape index (κ3) is 8.83. The monoisotopic (exact) mass is 581 g/mol. The SMILES string of the molecule is COc1cccc(CN(C)C(=O)c2nn(-c3ccc(F)cc3)c(CCC(O)CC(O)CC(=O)[O-])c2C(C)C)c1F.[Na+]. The third-order valence-corrected chi connectivity index (χ3v) is 6.55. The molecule has 0 aliphatic rings. The smallest absolute Gasteiger partial charge is 0.550 e. The van der Waals surface area contributed by atoms with Crippen LogP contribution in [-0.4, -0.2) is 63.1 Å². The van der Waals surface area contributed by atoms with Crippen LogP contribution < -0.4 is 39.4 Å². The van der Waals surface area contributed by atoms with E-state index < -0.39 is 42.1 Å². The van der Waals surface area contributed by atoms with Gasteiger partial charge < -0.3 is 29.8 Å². The molecule has 2 unspecified atom stereocenters. The summed E-state index contributed by atoms with van der Waals surface area (Å²) in [5.74, 6) is -3.02. The maximum absolute atomic E-state index is 14.8. The van der Waals surface area contributed by atoms with Gasteiger partial charge in [0.25, 0.3) is 5.91 Å². The minimum Gasteiger partial charge on any atom is -0.550 e. The number of halogens is 2. The van der Waals surface area contributed by atoms with Crippen molar-refractivity contribution in [2.45, 2.75) is 64.2 Å². The second-order valence-electron chi connectivity index (χ2n) is 10.0. The Labute approximate surface area is 260 Å². The summed E-state index contributed by atoms with van der Waals surface area (Å²) in [7, 11) is 2.89. The first-order valence-corrected chi connectivity index (χ1v) is 12.9. The molecule has 2 aromatic carbocycles. The van der Waals surface area contributed by atoms with E-state index in [1.807, 2.05) is 13.8 Å². The van der Waals surface area contributed by atoms with Crippen molar-refractivity contribution >= 4 is 11.9 Å². The van der Waals surface area contributed by atoms with Crippen molar-refractivity contribution < 1.29 is 68.0 Å². The number of nitrogens with zero attached hydrogens (tertiary/aromatic N) is 3. The van der Waals surface area contributed by atoms with Crippen LogP contribution in [0.15, 0.2) is 42.5 Å². The Morgan fingerprint density at radius 3 is 2.34 bits per heavy atom. The zero-order chi connectivity index (χ0) is 29.6. The molecule has 2 N–H and O–H groups in total. The molecule has 12 heteroatoms. The fourth-order valence-corrected chi connectivity index (χ4v) is 4.62. The Hall–Kier alpha value is -2.83. The van der Waals surface area contributed by atoms with Crippen LogP contribution in [0.4, 0.5) is 8.78 Å². The zero-order valence-corrected chi connectivity index (χ0v) is 25.9. The largest absolute Gasteiger partial charge is 1.00 e. The van der Waals surface area contributed by atoms with Gasteiger partial charge in [-0.2, -0.15) is 5.10 Å². The fourth-order valence-electron chi connectivity index (χ4n) is 4.62. The summed E-state index contributed by atoms with van der Waals surface area (Å²) in [6, 6.07) is 10.2. The molecule has 3 aromatic rings. The number of carboxylic acids is 1. The standard InChI is InChI=1S/C29H35F2N3O6.Na/c1-17(2)26-23(13-12-21(35)14-22(36)15-25(37)38)34(20-10-8-19(30)9-11-20)32-28(26)29(39)33(3)16-18-6-5-7-24(40-4)27(18)31;/h5-11,17,21-22,35-36H,12-16H2,1-4H3,(H,37,38);/q;+1/p-1. The number of carbonyl (C=O) groups is 2. The number of rotatable bonds is 13. The van der Waals surface area contributed by atoms with Crippen LogP contribution in [0.3, 0.4) is 0 Å². The molecule has 0 bridgehead atoms. The molecule has 0 saturated heterocycles. The zero-order valence-electron chi connectivity index (χ0n) is 23.9. The van der Waals surface area contributed by atoms with E-state index in [1.54, 1.807) is 12.1 Å². The van der Waals surface area contributed by atoms with Crippen molar-refractivity contribution in [2.75, 3.05) is 14.2 Å². The summed E-state index contributed by atoms with van der Waals surface area (Å²) in [5, 5.41) is 35.7. The van der Waals surface area contributed by atoms with Crippen LogP contribution in [0.1, 0.15) is 66.3 Å². The fraction of sp³-hybridized carbons (Fsp3) is 0.414. The number of ether oxygens (including phenoxy) is 1. The second kappa shape index (κ2) is 15.4. The van der Waals surface area contributed by atoms with E-state index in [2.05, 4.69) is 5.10 Å². The molecule has 9 nitrogen and oxygen atoms in total. The Balaban J connectivity index is 0.00000588. The number of aromatic nitrogens is 2. The van der Waals surface area contributed by atoms with Crippen LogP contribution in [-0.2, 0) is 17.8 Å². The van der Waals surface area contributed by atoms with Crippen molar-refractivity contribution in [3.63, 3.8) is 0 Å². The Bertz CT molecular complexity index is 1330. The topological polar surface area (TPSA) is 128 Å². The summed E-state index contributed by atoms with van der Waals surface area (Å²) < 4.78 is 35.0.